The average molecular weight is 324 g/mol. The number of hydrogen-bond donors (Lipinski definition) is 1. The maximum Gasteiger partial charge on any atom is 0.339 e. The number of rotatable bonds is 0. The van der Waals surface area contributed by atoms with Gasteiger partial charge < -0.3 is 24.1 Å². The topological polar surface area (TPSA) is 108 Å². The van der Waals surface area contributed by atoms with Crippen molar-refractivity contribution in [2.24, 2.45) is 17.3 Å². The Balaban J connectivity index is 1.83. The first-order chi connectivity index (χ1) is 10.8. The van der Waals surface area contributed by atoms with Gasteiger partial charge in [0.25, 0.3) is 0 Å². The van der Waals surface area contributed by atoms with Crippen LogP contribution >= 0.6 is 0 Å². The van der Waals surface area contributed by atoms with Crippen LogP contribution in [0.5, 0.6) is 0 Å². The van der Waals surface area contributed by atoms with Crippen LogP contribution < -0.4 is 0 Å². The van der Waals surface area contributed by atoms with Gasteiger partial charge in [-0.3, -0.25) is 9.59 Å². The van der Waals surface area contributed by atoms with Gasteiger partial charge in [-0.2, -0.15) is 0 Å². The molecule has 23 heavy (non-hydrogen) atoms. The van der Waals surface area contributed by atoms with E-state index < -0.39 is 58.9 Å². The SMILES string of the molecule is C[C@@]12OC(=O)[C@@H](O)[C@@]13O[C@@H]1OCC4C(=O)OC2C[C@@]4(C)[C@@H]3C1=O. The van der Waals surface area contributed by atoms with Gasteiger partial charge in [-0.25, -0.2) is 4.79 Å². The molecule has 124 valence electrons. The summed E-state index contributed by atoms with van der Waals surface area (Å²) in [6, 6.07) is 0. The zero-order valence-electron chi connectivity index (χ0n) is 12.6. The summed E-state index contributed by atoms with van der Waals surface area (Å²) in [6.45, 7) is 3.39. The van der Waals surface area contributed by atoms with Gasteiger partial charge in [0, 0.05) is 0 Å². The van der Waals surface area contributed by atoms with E-state index in [0.29, 0.717) is 6.42 Å². The van der Waals surface area contributed by atoms with Crippen molar-refractivity contribution in [3.63, 3.8) is 0 Å². The predicted molar refractivity (Wildman–Crippen MR) is 68.7 cm³/mol. The quantitative estimate of drug-likeness (QED) is 0.561. The molecule has 2 unspecified atom stereocenters. The van der Waals surface area contributed by atoms with E-state index in [1.54, 1.807) is 6.92 Å². The standard InChI is InChI=1S/C15H16O8/c1-13-3-6-14(2)15(9(17)11(19)22-14)8(13)7(16)12(23-15)20-4-5(13)10(18)21-6/h5-6,8-9,12,17H,3-4H2,1-2H3/t5?,6?,8-,9+,12-,13+,14-,15+/m0/s1. The van der Waals surface area contributed by atoms with Gasteiger partial charge in [0.15, 0.2) is 23.1 Å². The molecule has 4 heterocycles. The van der Waals surface area contributed by atoms with Crippen LogP contribution in [0.1, 0.15) is 20.3 Å². The Morgan fingerprint density at radius 2 is 1.91 bits per heavy atom. The molecule has 0 aromatic carbocycles. The van der Waals surface area contributed by atoms with Crippen LogP contribution in [-0.2, 0) is 33.3 Å². The number of aliphatic hydroxyl groups excluding tert-OH is 1. The third kappa shape index (κ3) is 1.17. The second kappa shape index (κ2) is 3.60. The van der Waals surface area contributed by atoms with Crippen molar-refractivity contribution in [1.82, 2.24) is 0 Å². The summed E-state index contributed by atoms with van der Waals surface area (Å²) in [7, 11) is 0. The fourth-order valence-corrected chi connectivity index (χ4v) is 5.46. The van der Waals surface area contributed by atoms with E-state index in [-0.39, 0.29) is 12.4 Å². The van der Waals surface area contributed by atoms with Gasteiger partial charge in [0.2, 0.25) is 6.29 Å². The fourth-order valence-electron chi connectivity index (χ4n) is 5.46. The van der Waals surface area contributed by atoms with Gasteiger partial charge in [-0.1, -0.05) is 6.92 Å². The maximum absolute atomic E-state index is 12.9. The average Bonchev–Trinajstić information content (AvgIpc) is 2.82. The minimum atomic E-state index is -1.62. The lowest BCUT2D eigenvalue weighted by atomic mass is 9.49. The minimum absolute atomic E-state index is 0.0205. The number of ether oxygens (including phenoxy) is 4. The van der Waals surface area contributed by atoms with E-state index in [4.69, 9.17) is 18.9 Å². The summed E-state index contributed by atoms with van der Waals surface area (Å²) in [5.74, 6) is -3.16. The molecule has 1 spiro atoms. The Kier molecular flexibility index (Phi) is 2.17. The molecule has 4 saturated heterocycles. The Bertz CT molecular complexity index is 674. The summed E-state index contributed by atoms with van der Waals surface area (Å²) < 4.78 is 22.2. The molecular formula is C15H16O8. The van der Waals surface area contributed by atoms with Crippen molar-refractivity contribution >= 4 is 17.7 Å². The molecule has 0 amide bonds. The molecule has 4 bridgehead atoms. The van der Waals surface area contributed by atoms with Crippen LogP contribution in [0.25, 0.3) is 0 Å². The van der Waals surface area contributed by atoms with Crippen LogP contribution in [0.2, 0.25) is 0 Å². The van der Waals surface area contributed by atoms with Crippen molar-refractivity contribution < 1.29 is 38.4 Å². The fraction of sp³-hybridized carbons (Fsp3) is 0.800. The molecule has 1 saturated carbocycles. The molecule has 0 aromatic heterocycles. The molecule has 8 heteroatoms. The Morgan fingerprint density at radius 3 is 2.65 bits per heavy atom. The maximum atomic E-state index is 12.9. The van der Waals surface area contributed by atoms with Gasteiger partial charge >= 0.3 is 11.9 Å². The number of ketones is 1. The lowest BCUT2D eigenvalue weighted by Crippen LogP contribution is -2.75. The first-order valence-corrected chi connectivity index (χ1v) is 7.70. The van der Waals surface area contributed by atoms with Gasteiger partial charge in [-0.05, 0) is 18.8 Å². The monoisotopic (exact) mass is 324 g/mol. The van der Waals surface area contributed by atoms with E-state index in [1.807, 2.05) is 6.92 Å². The van der Waals surface area contributed by atoms with Crippen molar-refractivity contribution in [3.05, 3.63) is 0 Å². The van der Waals surface area contributed by atoms with Crippen LogP contribution in [0, 0.1) is 17.3 Å². The van der Waals surface area contributed by atoms with Crippen molar-refractivity contribution in [2.75, 3.05) is 6.61 Å². The zero-order chi connectivity index (χ0) is 16.4. The molecule has 5 aliphatic rings. The molecule has 4 aliphatic heterocycles. The molecule has 1 aliphatic carbocycles. The van der Waals surface area contributed by atoms with Crippen LogP contribution in [0.3, 0.4) is 0 Å². The third-order valence-corrected chi connectivity index (χ3v) is 6.62. The molecule has 8 atom stereocenters. The Morgan fingerprint density at radius 1 is 1.17 bits per heavy atom. The highest BCUT2D eigenvalue weighted by atomic mass is 16.7. The predicted octanol–water partition coefficient (Wildman–Crippen LogP) is -1.07. The van der Waals surface area contributed by atoms with E-state index in [0.717, 1.165) is 0 Å². The number of esters is 2. The van der Waals surface area contributed by atoms with Crippen LogP contribution in [-0.4, -0.2) is 59.1 Å². The second-order valence-electron chi connectivity index (χ2n) is 7.53. The largest absolute Gasteiger partial charge is 0.458 e. The molecule has 0 radical (unpaired) electrons. The Labute approximate surface area is 131 Å². The Hall–Kier alpha value is -1.51. The number of Topliss-reactive ketones (excluding diaryl/α,β-unsaturated/α-hetero) is 1. The van der Waals surface area contributed by atoms with Gasteiger partial charge in [0.05, 0.1) is 18.4 Å². The number of carbonyl (C=O) groups is 3. The molecule has 8 nitrogen and oxygen atoms in total. The van der Waals surface area contributed by atoms with Crippen molar-refractivity contribution in [3.8, 4) is 0 Å². The minimum Gasteiger partial charge on any atom is -0.458 e. The van der Waals surface area contributed by atoms with Crippen molar-refractivity contribution in [2.45, 2.75) is 50.0 Å². The first kappa shape index (κ1) is 13.9. The van der Waals surface area contributed by atoms with E-state index in [9.17, 15) is 19.5 Å². The molecule has 1 N–H and O–H groups in total. The normalized spacial score (nSPS) is 59.4. The van der Waals surface area contributed by atoms with Crippen LogP contribution in [0.4, 0.5) is 0 Å². The molecule has 0 aromatic rings. The number of hydrogen-bond acceptors (Lipinski definition) is 8. The van der Waals surface area contributed by atoms with E-state index >= 15 is 0 Å². The number of fused-ring (bicyclic) bond motifs is 3. The summed E-state index contributed by atoms with van der Waals surface area (Å²) >= 11 is 0. The highest BCUT2D eigenvalue weighted by Crippen LogP contribution is 2.67. The summed E-state index contributed by atoms with van der Waals surface area (Å²) in [6.07, 6.45) is -3.22. The first-order valence-electron chi connectivity index (χ1n) is 7.70. The second-order valence-corrected chi connectivity index (χ2v) is 7.53. The zero-order valence-corrected chi connectivity index (χ0v) is 12.6. The third-order valence-electron chi connectivity index (χ3n) is 6.62. The molecule has 5 rings (SSSR count). The molecule has 5 fully saturated rings. The smallest absolute Gasteiger partial charge is 0.339 e. The van der Waals surface area contributed by atoms with Crippen molar-refractivity contribution in [1.29, 1.82) is 0 Å². The van der Waals surface area contributed by atoms with Gasteiger partial charge in [-0.15, -0.1) is 0 Å². The number of carbonyl (C=O) groups excluding carboxylic acids is 3. The highest BCUT2D eigenvalue weighted by molar-refractivity contribution is 5.94. The lowest BCUT2D eigenvalue weighted by molar-refractivity contribution is -0.316. The molecular weight excluding hydrogens is 308 g/mol. The van der Waals surface area contributed by atoms with Crippen LogP contribution in [0.15, 0.2) is 0 Å². The van der Waals surface area contributed by atoms with E-state index in [1.165, 1.54) is 0 Å². The van der Waals surface area contributed by atoms with Gasteiger partial charge in [0.1, 0.15) is 6.10 Å². The summed E-state index contributed by atoms with van der Waals surface area (Å²) in [5, 5.41) is 10.6. The number of aliphatic hydroxyl groups is 1. The summed E-state index contributed by atoms with van der Waals surface area (Å²) in [4.78, 5) is 37.4. The summed E-state index contributed by atoms with van der Waals surface area (Å²) in [5.41, 5.74) is -3.81. The lowest BCUT2D eigenvalue weighted by Gasteiger charge is -2.60. The van der Waals surface area contributed by atoms with E-state index in [2.05, 4.69) is 0 Å². The highest BCUT2D eigenvalue weighted by Gasteiger charge is 2.85.